The van der Waals surface area contributed by atoms with Crippen LogP contribution >= 0.6 is 22.7 Å². The summed E-state index contributed by atoms with van der Waals surface area (Å²) in [6.45, 7) is 11.8. The predicted molar refractivity (Wildman–Crippen MR) is 258 cm³/mol. The molecular weight excluding hydrogens is 895 g/mol. The summed E-state index contributed by atoms with van der Waals surface area (Å²) in [7, 11) is 0. The Morgan fingerprint density at radius 1 is 0.612 bits per heavy atom. The van der Waals surface area contributed by atoms with Crippen molar-refractivity contribution in [2.24, 2.45) is 5.73 Å². The second-order valence-electron chi connectivity index (χ2n) is 16.7. The molecule has 4 aromatic heterocycles. The van der Waals surface area contributed by atoms with Crippen LogP contribution in [0.15, 0.2) is 141 Å². The highest BCUT2D eigenvalue weighted by molar-refractivity contribution is 7.14. The molecule has 8 aromatic rings. The zero-order valence-electron chi connectivity index (χ0n) is 37.6. The predicted octanol–water partition coefficient (Wildman–Crippen LogP) is 12.2. The molecule has 1 amide bonds. The van der Waals surface area contributed by atoms with Crippen LogP contribution in [-0.2, 0) is 10.8 Å². The molecule has 0 aliphatic heterocycles. The molecule has 0 aliphatic carbocycles. The number of halogens is 2. The van der Waals surface area contributed by atoms with Gasteiger partial charge in [0, 0.05) is 72.3 Å². The molecule has 4 aromatic carbocycles. The zero-order valence-corrected chi connectivity index (χ0v) is 39.2. The maximum absolute atomic E-state index is 13.2. The fraction of sp³-hybridized carbons (Fsp3) is 0.192. The average molecular weight is 943 g/mol. The number of nitrogens with two attached hydrogens (primary N) is 1. The maximum atomic E-state index is 13.2. The van der Waals surface area contributed by atoms with Crippen LogP contribution in [0.2, 0.25) is 0 Å². The first-order chi connectivity index (χ1) is 31.8. The molecule has 4 N–H and O–H groups in total. The van der Waals surface area contributed by atoms with Crippen molar-refractivity contribution in [3.63, 3.8) is 0 Å². The number of rotatable bonds is 13. The van der Waals surface area contributed by atoms with Gasteiger partial charge in [0.1, 0.15) is 24.2 Å². The third kappa shape index (κ3) is 12.8. The van der Waals surface area contributed by atoms with Crippen LogP contribution in [0.5, 0.6) is 0 Å². The number of amides is 1. The van der Waals surface area contributed by atoms with E-state index in [1.807, 2.05) is 63.4 Å². The molecule has 0 unspecified atom stereocenters. The lowest BCUT2D eigenvalue weighted by Gasteiger charge is -2.22. The van der Waals surface area contributed by atoms with Gasteiger partial charge >= 0.3 is 5.97 Å². The Balaban J connectivity index is 0.000000183. The Kier molecular flexibility index (Phi) is 15.7. The van der Waals surface area contributed by atoms with Crippen molar-refractivity contribution in [1.29, 1.82) is 0 Å². The van der Waals surface area contributed by atoms with Gasteiger partial charge in [-0.25, -0.2) is 23.5 Å². The van der Waals surface area contributed by atoms with Gasteiger partial charge in [0.05, 0.1) is 17.0 Å². The normalized spacial score (nSPS) is 11.2. The summed E-state index contributed by atoms with van der Waals surface area (Å²) in [4.78, 5) is 57.2. The number of carboxylic acid groups (broad SMARTS) is 1. The van der Waals surface area contributed by atoms with Crippen LogP contribution in [0.1, 0.15) is 94.4 Å². The molecular formula is C52H48F2N4O7S2. The molecule has 4 heterocycles. The molecule has 11 nitrogen and oxygen atoms in total. The van der Waals surface area contributed by atoms with E-state index in [1.165, 1.54) is 60.8 Å². The summed E-state index contributed by atoms with van der Waals surface area (Å²) in [5, 5.41) is 15.5. The lowest BCUT2D eigenvalue weighted by molar-refractivity contribution is 0.0696. The van der Waals surface area contributed by atoms with Gasteiger partial charge in [-0.3, -0.25) is 14.4 Å². The van der Waals surface area contributed by atoms with E-state index in [1.54, 1.807) is 72.5 Å². The molecule has 15 heteroatoms. The summed E-state index contributed by atoms with van der Waals surface area (Å²) < 4.78 is 36.9. The Bertz CT molecular complexity index is 3000. The van der Waals surface area contributed by atoms with Gasteiger partial charge in [0.15, 0.2) is 11.6 Å². The third-order valence-corrected chi connectivity index (χ3v) is 12.6. The highest BCUT2D eigenvalue weighted by Gasteiger charge is 2.27. The Labute approximate surface area is 394 Å². The van der Waals surface area contributed by atoms with Gasteiger partial charge < -0.3 is 25.0 Å². The molecule has 8 rings (SSSR count). The van der Waals surface area contributed by atoms with Crippen molar-refractivity contribution in [2.45, 2.75) is 52.4 Å². The third-order valence-electron chi connectivity index (χ3n) is 10.6. The molecule has 344 valence electrons. The molecule has 0 bridgehead atoms. The van der Waals surface area contributed by atoms with Crippen LogP contribution in [0.25, 0.3) is 43.8 Å². The second kappa shape index (κ2) is 21.4. The lowest BCUT2D eigenvalue weighted by atomic mass is 9.90. The van der Waals surface area contributed by atoms with Crippen LogP contribution in [0, 0.1) is 11.6 Å². The van der Waals surface area contributed by atoms with Gasteiger partial charge in [-0.1, -0.05) is 52.0 Å². The zero-order chi connectivity index (χ0) is 48.5. The molecule has 67 heavy (non-hydrogen) atoms. The smallest absolute Gasteiger partial charge is 0.335 e. The number of hydrogen-bond acceptors (Lipinski definition) is 11. The minimum Gasteiger partial charge on any atom is -0.478 e. The number of carbonyl (C=O) groups excluding carboxylic acids is 3. The monoisotopic (exact) mass is 942 g/mol. The number of aromatic nitrogens is 2. The standard InChI is InChI=1S/C26H23FN2O3S.C13H15FN2O.C13H10O3S/c1-16(30)20-12-22(33-14-20)18-5-4-6-19(11-18)24(31)28-15-26(2,3)23-13-32-25(29-23)17-7-9-21(27)10-8-17;1-13(2,8-15)11-7-17-12(16-11)9-3-5-10(14)6-4-9;1-8(14)11-6-12(17-7-11)9-3-2-4-10(5-9)13(15)16/h4-14H,15H2,1-3H3,(H,28,31);3-7H,8,15H2,1-2H3;2-7H,1H3,(H,15,16). The SMILES string of the molecule is CC(=O)c1csc(-c2cccc(C(=O)NCC(C)(C)c3coc(-c4ccc(F)cc4)n3)c2)c1.CC(=O)c1csc(-c2cccc(C(=O)O)c2)c1.CC(C)(CN)c1coc(-c2ccc(F)cc2)n1. The minimum atomic E-state index is -0.949. The van der Waals surface area contributed by atoms with Crippen molar-refractivity contribution in [1.82, 2.24) is 15.3 Å². The largest absolute Gasteiger partial charge is 0.478 e. The number of oxazole rings is 2. The highest BCUT2D eigenvalue weighted by Crippen LogP contribution is 2.31. The summed E-state index contributed by atoms with van der Waals surface area (Å²) >= 11 is 2.91. The molecule has 0 saturated carbocycles. The van der Waals surface area contributed by atoms with E-state index in [0.717, 1.165) is 32.1 Å². The van der Waals surface area contributed by atoms with E-state index in [2.05, 4.69) is 15.3 Å². The number of nitrogens with zero attached hydrogens (tertiary/aromatic N) is 2. The number of carboxylic acids is 1. The van der Waals surface area contributed by atoms with Crippen LogP contribution in [-0.4, -0.2) is 51.6 Å². The summed E-state index contributed by atoms with van der Waals surface area (Å²) in [6.07, 6.45) is 3.17. The second-order valence-corrected chi connectivity index (χ2v) is 18.5. The van der Waals surface area contributed by atoms with Gasteiger partial charge in [-0.05, 0) is 110 Å². The van der Waals surface area contributed by atoms with Crippen molar-refractivity contribution in [2.75, 3.05) is 13.1 Å². The highest BCUT2D eigenvalue weighted by atomic mass is 32.1. The fourth-order valence-electron chi connectivity index (χ4n) is 6.18. The van der Waals surface area contributed by atoms with E-state index < -0.39 is 11.4 Å². The van der Waals surface area contributed by atoms with Crippen LogP contribution in [0.3, 0.4) is 0 Å². The number of thiophene rings is 2. The summed E-state index contributed by atoms with van der Waals surface area (Å²) in [6, 6.07) is 29.6. The van der Waals surface area contributed by atoms with Gasteiger partial charge in [0.2, 0.25) is 11.8 Å². The first-order valence-electron chi connectivity index (χ1n) is 20.9. The quantitative estimate of drug-likeness (QED) is 0.0942. The van der Waals surface area contributed by atoms with Crippen molar-refractivity contribution >= 4 is 46.1 Å². The van der Waals surface area contributed by atoms with Crippen LogP contribution < -0.4 is 11.1 Å². The van der Waals surface area contributed by atoms with Crippen molar-refractivity contribution in [3.05, 3.63) is 178 Å². The number of aromatic carboxylic acids is 1. The molecule has 0 fully saturated rings. The van der Waals surface area contributed by atoms with Gasteiger partial charge in [-0.15, -0.1) is 22.7 Å². The van der Waals surface area contributed by atoms with E-state index in [0.29, 0.717) is 52.8 Å². The number of Topliss-reactive ketones (excluding diaryl/α,β-unsaturated/α-hetero) is 2. The Morgan fingerprint density at radius 2 is 1.04 bits per heavy atom. The average Bonchev–Trinajstić information content (AvgIpc) is 4.17. The lowest BCUT2D eigenvalue weighted by Crippen LogP contribution is -2.36. The first-order valence-corrected chi connectivity index (χ1v) is 22.6. The molecule has 0 spiro atoms. The van der Waals surface area contributed by atoms with Gasteiger partial charge in [0.25, 0.3) is 5.91 Å². The van der Waals surface area contributed by atoms with Crippen LogP contribution in [0.4, 0.5) is 8.78 Å². The fourth-order valence-corrected chi connectivity index (χ4v) is 8.07. The molecule has 0 aliphatic rings. The topological polar surface area (TPSA) is 179 Å². The van der Waals surface area contributed by atoms with E-state index in [9.17, 15) is 28.0 Å². The Hall–Kier alpha value is -7.20. The van der Waals surface area contributed by atoms with Gasteiger partial charge in [-0.2, -0.15) is 0 Å². The van der Waals surface area contributed by atoms with Crippen molar-refractivity contribution in [3.8, 4) is 43.8 Å². The molecule has 0 saturated heterocycles. The molecule has 0 radical (unpaired) electrons. The first kappa shape index (κ1) is 49.2. The maximum Gasteiger partial charge on any atom is 0.335 e. The summed E-state index contributed by atoms with van der Waals surface area (Å²) in [5.74, 6) is -0.824. The summed E-state index contributed by atoms with van der Waals surface area (Å²) in [5.41, 5.74) is 11.7. The Morgan fingerprint density at radius 3 is 1.46 bits per heavy atom. The van der Waals surface area contributed by atoms with E-state index in [4.69, 9.17) is 19.7 Å². The van der Waals surface area contributed by atoms with Crippen molar-refractivity contribution < 1.29 is 41.9 Å². The minimum absolute atomic E-state index is 0.0156. The van der Waals surface area contributed by atoms with E-state index >= 15 is 0 Å². The number of carbonyl (C=O) groups is 4. The number of hydrogen-bond donors (Lipinski definition) is 3. The number of ketones is 2. The number of benzene rings is 4. The molecule has 0 atom stereocenters. The van der Waals surface area contributed by atoms with E-state index in [-0.39, 0.29) is 40.1 Å². The number of nitrogens with one attached hydrogen (secondary N) is 1.